The first-order valence-electron chi connectivity index (χ1n) is 15.9. The average Bonchev–Trinajstić information content (AvgIpc) is 3.13. The summed E-state index contributed by atoms with van der Waals surface area (Å²) < 4.78 is 84.2. The van der Waals surface area contributed by atoms with Gasteiger partial charge in [-0.25, -0.2) is 9.59 Å². The van der Waals surface area contributed by atoms with Gasteiger partial charge in [0.1, 0.15) is 0 Å². The summed E-state index contributed by atoms with van der Waals surface area (Å²) in [5.74, 6) is 0. The fraction of sp³-hybridized carbons (Fsp3) is 0.278. The Morgan fingerprint density at radius 1 is 0.615 bits per heavy atom. The standard InChI is InChI=1S/C18H18F3N3O2.C10H14N2O.C8H4F3NO/c19-18(20,21)13-1-3-14(4-2-13)22-17(25)23-15-5-7-16(8-6-15)24-9-11-26-12-10-24;11-9-1-3-10(4-2-9)12-5-7-13-8-6-12;9-8(10,11)6-1-3-7(4-2-6)12-5-13/h1-8H,9-12H2,(H2,22,23,25);1-4H,5-8,11H2;1-4H. The number of benzene rings is 4. The normalized spacial score (nSPS) is 14.4. The molecule has 10 nitrogen and oxygen atoms in total. The number of urea groups is 1. The van der Waals surface area contributed by atoms with E-state index in [4.69, 9.17) is 15.2 Å². The summed E-state index contributed by atoms with van der Waals surface area (Å²) in [4.78, 5) is 29.4. The van der Waals surface area contributed by atoms with E-state index < -0.39 is 29.5 Å². The van der Waals surface area contributed by atoms with Crippen LogP contribution in [0, 0.1) is 0 Å². The lowest BCUT2D eigenvalue weighted by Gasteiger charge is -2.28. The quantitative estimate of drug-likeness (QED) is 0.0825. The fourth-order valence-electron chi connectivity index (χ4n) is 4.90. The third-order valence-electron chi connectivity index (χ3n) is 7.61. The lowest BCUT2D eigenvalue weighted by atomic mass is 10.2. The van der Waals surface area contributed by atoms with Crippen LogP contribution in [0.2, 0.25) is 0 Å². The van der Waals surface area contributed by atoms with Gasteiger partial charge in [-0.1, -0.05) is 0 Å². The Morgan fingerprint density at radius 2 is 0.981 bits per heavy atom. The molecule has 2 aliphatic heterocycles. The number of nitrogen functional groups attached to an aromatic ring is 1. The number of nitrogens with zero attached hydrogens (tertiary/aromatic N) is 3. The fourth-order valence-corrected chi connectivity index (χ4v) is 4.90. The monoisotopic (exact) mass is 730 g/mol. The highest BCUT2D eigenvalue weighted by Gasteiger charge is 2.30. The molecule has 52 heavy (non-hydrogen) atoms. The molecule has 0 saturated carbocycles. The average molecular weight is 731 g/mol. The molecule has 6 rings (SSSR count). The van der Waals surface area contributed by atoms with Crippen LogP contribution in [0.1, 0.15) is 11.1 Å². The molecular weight excluding hydrogens is 694 g/mol. The number of ether oxygens (including phenoxy) is 2. The number of anilines is 5. The van der Waals surface area contributed by atoms with E-state index in [1.54, 1.807) is 12.1 Å². The number of amides is 2. The number of nitrogens with one attached hydrogen (secondary N) is 2. The zero-order valence-electron chi connectivity index (χ0n) is 27.7. The lowest BCUT2D eigenvalue weighted by molar-refractivity contribution is -0.138. The van der Waals surface area contributed by atoms with E-state index in [9.17, 15) is 35.9 Å². The van der Waals surface area contributed by atoms with E-state index in [0.29, 0.717) is 18.9 Å². The van der Waals surface area contributed by atoms with E-state index in [1.807, 2.05) is 24.3 Å². The summed E-state index contributed by atoms with van der Waals surface area (Å²) in [7, 11) is 0. The minimum Gasteiger partial charge on any atom is -0.399 e. The van der Waals surface area contributed by atoms with Crippen LogP contribution in [0.3, 0.4) is 0 Å². The molecule has 0 bridgehead atoms. The number of hydrogen-bond donors (Lipinski definition) is 3. The number of carbonyl (C=O) groups excluding carboxylic acids is 2. The van der Waals surface area contributed by atoms with Crippen molar-refractivity contribution in [1.82, 2.24) is 0 Å². The Hall–Kier alpha value is -5.57. The number of isocyanates is 1. The van der Waals surface area contributed by atoms with Crippen LogP contribution in [0.15, 0.2) is 102 Å². The Morgan fingerprint density at radius 3 is 1.37 bits per heavy atom. The van der Waals surface area contributed by atoms with E-state index in [1.165, 1.54) is 23.9 Å². The van der Waals surface area contributed by atoms with Gasteiger partial charge in [-0.2, -0.15) is 31.3 Å². The van der Waals surface area contributed by atoms with Crippen molar-refractivity contribution in [3.8, 4) is 0 Å². The Kier molecular flexibility index (Phi) is 14.0. The Bertz CT molecular complexity index is 1740. The highest BCUT2D eigenvalue weighted by Crippen LogP contribution is 2.31. The predicted octanol–water partition coefficient (Wildman–Crippen LogP) is 7.96. The van der Waals surface area contributed by atoms with Crippen molar-refractivity contribution < 1.29 is 45.4 Å². The number of morpholine rings is 2. The van der Waals surface area contributed by atoms with Gasteiger partial charge in [0.15, 0.2) is 0 Å². The molecule has 2 fully saturated rings. The molecule has 4 aromatic carbocycles. The Balaban J connectivity index is 0.000000195. The molecule has 0 spiro atoms. The van der Waals surface area contributed by atoms with Gasteiger partial charge in [0, 0.05) is 54.6 Å². The predicted molar refractivity (Wildman–Crippen MR) is 187 cm³/mol. The first-order valence-corrected chi connectivity index (χ1v) is 15.9. The van der Waals surface area contributed by atoms with Crippen LogP contribution in [-0.4, -0.2) is 64.7 Å². The molecule has 0 aromatic heterocycles. The van der Waals surface area contributed by atoms with Gasteiger partial charge in [-0.05, 0) is 97.1 Å². The molecule has 276 valence electrons. The second kappa shape index (κ2) is 18.6. The van der Waals surface area contributed by atoms with Crippen molar-refractivity contribution in [1.29, 1.82) is 0 Å². The third-order valence-corrected chi connectivity index (χ3v) is 7.61. The maximum atomic E-state index is 12.5. The summed E-state index contributed by atoms with van der Waals surface area (Å²) in [6.07, 6.45) is -7.52. The molecule has 0 aliphatic carbocycles. The van der Waals surface area contributed by atoms with Gasteiger partial charge in [0.2, 0.25) is 6.08 Å². The minimum atomic E-state index is -4.40. The van der Waals surface area contributed by atoms with Gasteiger partial charge >= 0.3 is 18.4 Å². The third kappa shape index (κ3) is 12.6. The van der Waals surface area contributed by atoms with Crippen LogP contribution >= 0.6 is 0 Å². The van der Waals surface area contributed by atoms with Crippen LogP contribution in [0.25, 0.3) is 0 Å². The lowest BCUT2D eigenvalue weighted by Crippen LogP contribution is -2.36. The number of carbonyl (C=O) groups is 1. The number of halogens is 6. The second-order valence-electron chi connectivity index (χ2n) is 11.2. The second-order valence-corrected chi connectivity index (χ2v) is 11.2. The number of hydrogen-bond acceptors (Lipinski definition) is 8. The molecule has 4 N–H and O–H groups in total. The maximum absolute atomic E-state index is 12.5. The van der Waals surface area contributed by atoms with E-state index >= 15 is 0 Å². The smallest absolute Gasteiger partial charge is 0.399 e. The van der Waals surface area contributed by atoms with Crippen molar-refractivity contribution in [3.05, 3.63) is 108 Å². The summed E-state index contributed by atoms with van der Waals surface area (Å²) >= 11 is 0. The summed E-state index contributed by atoms with van der Waals surface area (Å²) in [6.45, 7) is 6.62. The van der Waals surface area contributed by atoms with E-state index in [-0.39, 0.29) is 11.4 Å². The van der Waals surface area contributed by atoms with E-state index in [2.05, 4.69) is 37.6 Å². The minimum absolute atomic E-state index is 0.156. The number of aliphatic imine (C=N–C) groups is 1. The molecule has 2 aliphatic rings. The molecule has 2 amide bonds. The Labute approximate surface area is 295 Å². The molecule has 16 heteroatoms. The summed E-state index contributed by atoms with van der Waals surface area (Å²) in [6, 6.07) is 23.0. The van der Waals surface area contributed by atoms with Crippen LogP contribution in [0.4, 0.5) is 65.3 Å². The first-order chi connectivity index (χ1) is 24.8. The molecule has 0 radical (unpaired) electrons. The zero-order chi connectivity index (χ0) is 37.6. The first kappa shape index (κ1) is 39.2. The molecule has 4 aromatic rings. The topological polar surface area (TPSA) is 122 Å². The van der Waals surface area contributed by atoms with Crippen molar-refractivity contribution in [2.45, 2.75) is 12.4 Å². The van der Waals surface area contributed by atoms with Gasteiger partial charge < -0.3 is 35.6 Å². The van der Waals surface area contributed by atoms with Crippen molar-refractivity contribution >= 4 is 46.2 Å². The number of rotatable bonds is 5. The van der Waals surface area contributed by atoms with Crippen LogP contribution in [0.5, 0.6) is 0 Å². The highest BCUT2D eigenvalue weighted by molar-refractivity contribution is 5.99. The highest BCUT2D eigenvalue weighted by atomic mass is 19.4. The van der Waals surface area contributed by atoms with Crippen LogP contribution in [-0.2, 0) is 26.6 Å². The molecule has 2 heterocycles. The SMILES string of the molecule is Nc1ccc(N2CCOCC2)cc1.O=C(Nc1ccc(N2CCOCC2)cc1)Nc1ccc(C(F)(F)F)cc1.O=C=Nc1ccc(C(F)(F)F)cc1. The molecule has 0 atom stereocenters. The maximum Gasteiger partial charge on any atom is 0.416 e. The summed E-state index contributed by atoms with van der Waals surface area (Å²) in [5.41, 5.74) is 8.20. The molecular formula is C36H36F6N6O4. The van der Waals surface area contributed by atoms with E-state index in [0.717, 1.165) is 87.2 Å². The number of nitrogens with two attached hydrogens (primary N) is 1. The van der Waals surface area contributed by atoms with Crippen molar-refractivity contribution in [2.75, 3.05) is 78.8 Å². The van der Waals surface area contributed by atoms with Crippen molar-refractivity contribution in [2.24, 2.45) is 4.99 Å². The van der Waals surface area contributed by atoms with Gasteiger partial charge in [-0.15, -0.1) is 0 Å². The van der Waals surface area contributed by atoms with Crippen molar-refractivity contribution in [3.63, 3.8) is 0 Å². The van der Waals surface area contributed by atoms with Crippen LogP contribution < -0.4 is 26.2 Å². The van der Waals surface area contributed by atoms with Gasteiger partial charge in [0.25, 0.3) is 0 Å². The van der Waals surface area contributed by atoms with Gasteiger partial charge in [-0.3, -0.25) is 0 Å². The summed E-state index contributed by atoms with van der Waals surface area (Å²) in [5, 5.41) is 5.15. The zero-order valence-corrected chi connectivity index (χ0v) is 27.7. The molecule has 0 unspecified atom stereocenters. The largest absolute Gasteiger partial charge is 0.416 e. The number of alkyl halides is 6. The van der Waals surface area contributed by atoms with Gasteiger partial charge in [0.05, 0.1) is 43.2 Å². The molecule has 2 saturated heterocycles.